The lowest BCUT2D eigenvalue weighted by molar-refractivity contribution is -0.137. The molecule has 0 amide bonds. The first kappa shape index (κ1) is 28.3. The Kier molecular flexibility index (Phi) is 7.83. The van der Waals surface area contributed by atoms with Gasteiger partial charge >= 0.3 is 17.5 Å². The van der Waals surface area contributed by atoms with Crippen LogP contribution in [0.4, 0.5) is 37.8 Å². The van der Waals surface area contributed by atoms with Gasteiger partial charge in [-0.3, -0.25) is 0 Å². The summed E-state index contributed by atoms with van der Waals surface area (Å²) in [5, 5.41) is 22.3. The van der Waals surface area contributed by atoms with Crippen LogP contribution in [0.25, 0.3) is 5.69 Å². The number of benzene rings is 2. The van der Waals surface area contributed by atoms with Gasteiger partial charge in [0.05, 0.1) is 36.5 Å². The average Bonchev–Trinajstić information content (AvgIpc) is 3.13. The molecule has 196 valence electrons. The lowest BCUT2D eigenvalue weighted by Gasteiger charge is -2.14. The largest absolute Gasteiger partial charge is 0.502 e. The number of phenols is 1. The second-order valence-corrected chi connectivity index (χ2v) is 8.88. The molecular formula is C21H13Cl2F6N4O3S+. The third-order valence-electron chi connectivity index (χ3n) is 4.73. The van der Waals surface area contributed by atoms with Gasteiger partial charge in [-0.2, -0.15) is 31.6 Å². The molecule has 0 aliphatic carbocycles. The highest BCUT2D eigenvalue weighted by Gasteiger charge is 2.41. The van der Waals surface area contributed by atoms with E-state index < -0.39 is 66.9 Å². The summed E-state index contributed by atoms with van der Waals surface area (Å²) in [4.78, 5) is -0.747. The number of methoxy groups -OCH3 is 2. The molecule has 16 heteroatoms. The monoisotopic (exact) mass is 585 g/mol. The van der Waals surface area contributed by atoms with E-state index in [1.165, 1.54) is 32.4 Å². The zero-order chi connectivity index (χ0) is 27.9. The summed E-state index contributed by atoms with van der Waals surface area (Å²) < 4.78 is 91.8. The minimum atomic E-state index is -4.91. The molecule has 0 aliphatic rings. The van der Waals surface area contributed by atoms with Crippen LogP contribution in [0.3, 0.4) is 0 Å². The Labute approximate surface area is 219 Å². The van der Waals surface area contributed by atoms with Gasteiger partial charge in [0.25, 0.3) is 0 Å². The molecule has 0 spiro atoms. The van der Waals surface area contributed by atoms with Crippen molar-refractivity contribution in [1.82, 2.24) is 14.4 Å². The van der Waals surface area contributed by atoms with Gasteiger partial charge in [0.15, 0.2) is 17.2 Å². The van der Waals surface area contributed by atoms with Gasteiger partial charge in [0.2, 0.25) is 11.4 Å². The van der Waals surface area contributed by atoms with Gasteiger partial charge in [0, 0.05) is 12.1 Å². The third-order valence-corrected chi connectivity index (χ3v) is 6.12. The Morgan fingerprint density at radius 1 is 1.05 bits per heavy atom. The standard InChI is InChI=1S/C21H12Cl2F6N4O3S/c1-32(10-6-14(35-2)17(34)15(7-10)36-3)19-18(37-21(27,28)29)13(8-30)31-33(19)16-11(22)4-9(5-12(16)23)20(24,25)26/h4-7H,1H2,2-3H3/p+1. The highest BCUT2D eigenvalue weighted by atomic mass is 35.5. The van der Waals surface area contributed by atoms with Gasteiger partial charge in [-0.1, -0.05) is 33.0 Å². The van der Waals surface area contributed by atoms with E-state index in [0.717, 1.165) is 4.58 Å². The van der Waals surface area contributed by atoms with Gasteiger partial charge in [-0.25, -0.2) is 4.58 Å². The van der Waals surface area contributed by atoms with Crippen LogP contribution in [-0.4, -0.2) is 41.3 Å². The Bertz CT molecular complexity index is 1390. The van der Waals surface area contributed by atoms with Crippen LogP contribution in [0.2, 0.25) is 10.0 Å². The van der Waals surface area contributed by atoms with Crippen LogP contribution in [0.1, 0.15) is 11.3 Å². The van der Waals surface area contributed by atoms with E-state index in [0.29, 0.717) is 16.8 Å². The summed E-state index contributed by atoms with van der Waals surface area (Å²) >= 11 is 11.5. The van der Waals surface area contributed by atoms with Crippen molar-refractivity contribution in [3.05, 3.63) is 45.6 Å². The number of alkyl halides is 6. The van der Waals surface area contributed by atoms with Gasteiger partial charge in [0.1, 0.15) is 16.7 Å². The number of hydrogen-bond acceptors (Lipinski definition) is 6. The molecule has 1 N–H and O–H groups in total. The molecule has 2 aromatic carbocycles. The van der Waals surface area contributed by atoms with Gasteiger partial charge in [-0.05, 0) is 23.9 Å². The maximum Gasteiger partial charge on any atom is 0.446 e. The van der Waals surface area contributed by atoms with Crippen molar-refractivity contribution >= 4 is 53.2 Å². The number of nitriles is 1. The summed E-state index contributed by atoms with van der Waals surface area (Å²) in [6.45, 7) is 3.72. The summed E-state index contributed by atoms with van der Waals surface area (Å²) in [6, 6.07) is 4.92. The number of ether oxygens (including phenoxy) is 2. The van der Waals surface area contributed by atoms with Crippen molar-refractivity contribution in [1.29, 1.82) is 5.26 Å². The van der Waals surface area contributed by atoms with Crippen molar-refractivity contribution in [3.63, 3.8) is 0 Å². The first-order valence-corrected chi connectivity index (χ1v) is 11.1. The van der Waals surface area contributed by atoms with E-state index in [2.05, 4.69) is 11.8 Å². The van der Waals surface area contributed by atoms with Crippen molar-refractivity contribution in [2.45, 2.75) is 16.6 Å². The zero-order valence-corrected chi connectivity index (χ0v) is 20.8. The number of thioether (sulfide) groups is 1. The van der Waals surface area contributed by atoms with Crippen LogP contribution in [0.15, 0.2) is 29.2 Å². The molecule has 7 nitrogen and oxygen atoms in total. The maximum absolute atomic E-state index is 13.5. The lowest BCUT2D eigenvalue weighted by atomic mass is 10.2. The molecule has 0 radical (unpaired) electrons. The van der Waals surface area contributed by atoms with E-state index >= 15 is 0 Å². The first-order chi connectivity index (χ1) is 17.1. The fraction of sp³-hybridized carbons (Fsp3) is 0.190. The van der Waals surface area contributed by atoms with Crippen molar-refractivity contribution in [2.75, 3.05) is 14.2 Å². The quantitative estimate of drug-likeness (QED) is 0.146. The third kappa shape index (κ3) is 5.68. The molecule has 0 fully saturated rings. The molecule has 1 aromatic heterocycles. The first-order valence-electron chi connectivity index (χ1n) is 9.54. The number of nitrogens with zero attached hydrogens (tertiary/aromatic N) is 4. The number of halogens is 8. The minimum Gasteiger partial charge on any atom is -0.502 e. The fourth-order valence-electron chi connectivity index (χ4n) is 3.16. The maximum atomic E-state index is 13.5. The molecule has 1 heterocycles. The Balaban J connectivity index is 2.39. The number of aromatic nitrogens is 2. The highest BCUT2D eigenvalue weighted by Crippen LogP contribution is 2.48. The van der Waals surface area contributed by atoms with Crippen LogP contribution >= 0.6 is 35.0 Å². The summed E-state index contributed by atoms with van der Waals surface area (Å²) in [5.74, 6) is -1.25. The molecule has 0 saturated heterocycles. The van der Waals surface area contributed by atoms with Crippen LogP contribution < -0.4 is 14.0 Å². The predicted molar refractivity (Wildman–Crippen MR) is 125 cm³/mol. The molecule has 0 bridgehead atoms. The number of aromatic hydroxyl groups is 1. The molecule has 0 saturated carbocycles. The van der Waals surface area contributed by atoms with Crippen molar-refractivity contribution in [3.8, 4) is 29.0 Å². The zero-order valence-electron chi connectivity index (χ0n) is 18.5. The Hall–Kier alpha value is -3.28. The second-order valence-electron chi connectivity index (χ2n) is 6.99. The van der Waals surface area contributed by atoms with E-state index in [9.17, 15) is 36.7 Å². The van der Waals surface area contributed by atoms with Gasteiger partial charge in [-0.15, -0.1) is 0 Å². The van der Waals surface area contributed by atoms with Crippen LogP contribution in [0.5, 0.6) is 17.2 Å². The Morgan fingerprint density at radius 3 is 1.97 bits per heavy atom. The predicted octanol–water partition coefficient (Wildman–Crippen LogP) is 6.94. The van der Waals surface area contributed by atoms with Crippen LogP contribution in [-0.2, 0) is 6.18 Å². The summed E-state index contributed by atoms with van der Waals surface area (Å²) in [7, 11) is 2.41. The fourth-order valence-corrected chi connectivity index (χ4v) is 4.51. The smallest absolute Gasteiger partial charge is 0.446 e. The molecular weight excluding hydrogens is 573 g/mol. The minimum absolute atomic E-state index is 0.0275. The molecule has 37 heavy (non-hydrogen) atoms. The van der Waals surface area contributed by atoms with Crippen molar-refractivity contribution < 1.29 is 40.9 Å². The van der Waals surface area contributed by atoms with Crippen molar-refractivity contribution in [2.24, 2.45) is 0 Å². The number of phenolic OH excluding ortho intramolecular Hbond substituents is 1. The average molecular weight is 586 g/mol. The SMILES string of the molecule is C=[N+](c1cc(OC)c(O)c(OC)c1)c1c(SC(F)(F)F)c(C#N)nn1-c1c(Cl)cc(C(F)(F)F)cc1Cl. The summed E-state index contributed by atoms with van der Waals surface area (Å²) in [5.41, 5.74) is -7.34. The van der Waals surface area contributed by atoms with Gasteiger partial charge < -0.3 is 14.6 Å². The van der Waals surface area contributed by atoms with Crippen LogP contribution in [0, 0.1) is 11.3 Å². The number of rotatable bonds is 6. The lowest BCUT2D eigenvalue weighted by Crippen LogP contribution is -2.12. The molecule has 3 aromatic rings. The van der Waals surface area contributed by atoms with E-state index in [1.54, 1.807) is 0 Å². The Morgan fingerprint density at radius 2 is 1.57 bits per heavy atom. The summed E-state index contributed by atoms with van der Waals surface area (Å²) in [6.07, 6.45) is -4.83. The van der Waals surface area contributed by atoms with E-state index in [1.807, 2.05) is 0 Å². The molecule has 0 atom stereocenters. The number of hydrogen-bond donors (Lipinski definition) is 1. The topological polar surface area (TPSA) is 83.3 Å². The normalized spacial score (nSPS) is 11.8. The second kappa shape index (κ2) is 10.2. The van der Waals surface area contributed by atoms with E-state index in [-0.39, 0.29) is 17.2 Å². The molecule has 0 unspecified atom stereocenters. The molecule has 0 aliphatic heterocycles. The van der Waals surface area contributed by atoms with E-state index in [4.69, 9.17) is 32.7 Å². The molecule has 3 rings (SSSR count). The highest BCUT2D eigenvalue weighted by molar-refractivity contribution is 8.00.